The summed E-state index contributed by atoms with van der Waals surface area (Å²) < 4.78 is 6.08. The quantitative estimate of drug-likeness (QED) is 0.684. The average molecular weight is 374 g/mol. The van der Waals surface area contributed by atoms with E-state index in [0.717, 1.165) is 31.1 Å². The maximum atomic E-state index is 6.10. The number of ether oxygens (including phenoxy) is 1. The Kier molecular flexibility index (Phi) is 6.00. The zero-order valence-corrected chi connectivity index (χ0v) is 16.1. The lowest BCUT2D eigenvalue weighted by Crippen LogP contribution is -2.23. The van der Waals surface area contributed by atoms with Gasteiger partial charge in [0.05, 0.1) is 5.69 Å². The Morgan fingerprint density at radius 3 is 2.50 bits per heavy atom. The van der Waals surface area contributed by atoms with Crippen LogP contribution in [0.4, 0.5) is 0 Å². The highest BCUT2D eigenvalue weighted by Gasteiger charge is 2.32. The van der Waals surface area contributed by atoms with Crippen molar-refractivity contribution in [2.75, 3.05) is 19.6 Å². The first kappa shape index (κ1) is 18.7. The van der Waals surface area contributed by atoms with Crippen LogP contribution in [0.1, 0.15) is 22.7 Å². The van der Waals surface area contributed by atoms with Gasteiger partial charge in [0.15, 0.2) is 0 Å². The van der Waals surface area contributed by atoms with Gasteiger partial charge in [-0.2, -0.15) is 0 Å². The van der Waals surface area contributed by atoms with Crippen molar-refractivity contribution < 1.29 is 4.74 Å². The molecule has 2 aromatic carbocycles. The second kappa shape index (κ2) is 9.00. The lowest BCUT2D eigenvalue weighted by molar-refractivity contribution is 0.279. The summed E-state index contributed by atoms with van der Waals surface area (Å²) >= 11 is 0. The molecule has 0 aliphatic carbocycles. The maximum absolute atomic E-state index is 6.10. The Hall–Kier alpha value is -2.69. The standard InChI is InChI=1S/C24H27N3O/c25-14-21-16-27(17-23(21)19-8-2-1-3-9-19)15-20-10-4-5-12-24(20)28-18-22-11-6-7-13-26-22/h1-13,21,23H,14-18,25H2/t21-,23+/m1/s1. The lowest BCUT2D eigenvalue weighted by atomic mass is 9.89. The van der Waals surface area contributed by atoms with Crippen LogP contribution in [0.5, 0.6) is 5.75 Å². The Labute approximate surface area is 167 Å². The number of hydrogen-bond acceptors (Lipinski definition) is 4. The van der Waals surface area contributed by atoms with E-state index in [0.29, 0.717) is 25.0 Å². The van der Waals surface area contributed by atoms with E-state index in [1.165, 1.54) is 11.1 Å². The van der Waals surface area contributed by atoms with Crippen molar-refractivity contribution in [2.24, 2.45) is 11.7 Å². The minimum atomic E-state index is 0.482. The van der Waals surface area contributed by atoms with Crippen LogP contribution in [0, 0.1) is 5.92 Å². The fraction of sp³-hybridized carbons (Fsp3) is 0.292. The van der Waals surface area contributed by atoms with Gasteiger partial charge in [0.1, 0.15) is 12.4 Å². The van der Waals surface area contributed by atoms with Gasteiger partial charge in [-0.15, -0.1) is 0 Å². The van der Waals surface area contributed by atoms with Crippen LogP contribution in [0.25, 0.3) is 0 Å². The largest absolute Gasteiger partial charge is 0.487 e. The summed E-state index contributed by atoms with van der Waals surface area (Å²) in [5, 5.41) is 0. The molecule has 0 radical (unpaired) electrons. The molecule has 0 unspecified atom stereocenters. The third-order valence-electron chi connectivity index (χ3n) is 5.52. The van der Waals surface area contributed by atoms with E-state index in [9.17, 15) is 0 Å². The van der Waals surface area contributed by atoms with Gasteiger partial charge in [0, 0.05) is 37.3 Å². The number of likely N-dealkylation sites (tertiary alicyclic amines) is 1. The molecule has 1 fully saturated rings. The fourth-order valence-electron chi connectivity index (χ4n) is 4.06. The fourth-order valence-corrected chi connectivity index (χ4v) is 4.06. The molecule has 1 saturated heterocycles. The molecule has 0 bridgehead atoms. The van der Waals surface area contributed by atoms with Crippen LogP contribution in [-0.2, 0) is 13.2 Å². The molecule has 28 heavy (non-hydrogen) atoms. The average Bonchev–Trinajstić information content (AvgIpc) is 3.17. The van der Waals surface area contributed by atoms with Gasteiger partial charge >= 0.3 is 0 Å². The zero-order valence-electron chi connectivity index (χ0n) is 16.1. The predicted octanol–water partition coefficient (Wildman–Crippen LogP) is 3.83. The minimum absolute atomic E-state index is 0.482. The van der Waals surface area contributed by atoms with E-state index in [-0.39, 0.29) is 0 Å². The second-order valence-electron chi connectivity index (χ2n) is 7.42. The molecule has 2 N–H and O–H groups in total. The van der Waals surface area contributed by atoms with E-state index in [1.54, 1.807) is 6.20 Å². The maximum Gasteiger partial charge on any atom is 0.130 e. The monoisotopic (exact) mass is 373 g/mol. The topological polar surface area (TPSA) is 51.4 Å². The predicted molar refractivity (Wildman–Crippen MR) is 112 cm³/mol. The van der Waals surface area contributed by atoms with Crippen LogP contribution < -0.4 is 10.5 Å². The van der Waals surface area contributed by atoms with Crippen LogP contribution in [-0.4, -0.2) is 29.5 Å². The van der Waals surface area contributed by atoms with E-state index in [2.05, 4.69) is 52.3 Å². The van der Waals surface area contributed by atoms with Gasteiger partial charge in [-0.3, -0.25) is 9.88 Å². The number of nitrogens with two attached hydrogens (primary N) is 1. The molecular formula is C24H27N3O. The zero-order chi connectivity index (χ0) is 19.2. The van der Waals surface area contributed by atoms with Crippen molar-refractivity contribution in [1.82, 2.24) is 9.88 Å². The number of rotatable bonds is 7. The van der Waals surface area contributed by atoms with E-state index >= 15 is 0 Å². The molecule has 1 aliphatic heterocycles. The number of benzene rings is 2. The Morgan fingerprint density at radius 1 is 0.929 bits per heavy atom. The highest BCUT2D eigenvalue weighted by molar-refractivity contribution is 5.34. The van der Waals surface area contributed by atoms with Crippen molar-refractivity contribution in [2.45, 2.75) is 19.1 Å². The van der Waals surface area contributed by atoms with E-state index in [1.807, 2.05) is 30.3 Å². The molecule has 4 nitrogen and oxygen atoms in total. The Bertz CT molecular complexity index is 869. The summed E-state index contributed by atoms with van der Waals surface area (Å²) in [6.45, 7) is 4.12. The molecule has 1 aliphatic rings. The van der Waals surface area contributed by atoms with Gasteiger partial charge in [0.2, 0.25) is 0 Å². The van der Waals surface area contributed by atoms with E-state index in [4.69, 9.17) is 10.5 Å². The second-order valence-corrected chi connectivity index (χ2v) is 7.42. The summed E-state index contributed by atoms with van der Waals surface area (Å²) in [7, 11) is 0. The molecule has 0 amide bonds. The number of para-hydroxylation sites is 1. The molecule has 0 saturated carbocycles. The number of aromatic nitrogens is 1. The smallest absolute Gasteiger partial charge is 0.130 e. The van der Waals surface area contributed by atoms with Crippen molar-refractivity contribution in [3.8, 4) is 5.75 Å². The van der Waals surface area contributed by atoms with Crippen molar-refractivity contribution in [3.05, 3.63) is 95.8 Å². The molecule has 4 heteroatoms. The van der Waals surface area contributed by atoms with Gasteiger partial charge in [-0.05, 0) is 36.2 Å². The van der Waals surface area contributed by atoms with Crippen molar-refractivity contribution in [1.29, 1.82) is 0 Å². The van der Waals surface area contributed by atoms with Crippen LogP contribution in [0.3, 0.4) is 0 Å². The van der Waals surface area contributed by atoms with Gasteiger partial charge in [0.25, 0.3) is 0 Å². The minimum Gasteiger partial charge on any atom is -0.487 e. The summed E-state index contributed by atoms with van der Waals surface area (Å²) in [5.41, 5.74) is 9.64. The summed E-state index contributed by atoms with van der Waals surface area (Å²) in [5.74, 6) is 1.91. The van der Waals surface area contributed by atoms with Crippen LogP contribution in [0.15, 0.2) is 79.0 Å². The van der Waals surface area contributed by atoms with Gasteiger partial charge < -0.3 is 10.5 Å². The lowest BCUT2D eigenvalue weighted by Gasteiger charge is -2.18. The Morgan fingerprint density at radius 2 is 1.71 bits per heavy atom. The molecular weight excluding hydrogens is 346 g/mol. The molecule has 0 spiro atoms. The molecule has 144 valence electrons. The first-order valence-electron chi connectivity index (χ1n) is 9.91. The molecule has 2 atom stereocenters. The normalized spacial score (nSPS) is 19.6. The molecule has 2 heterocycles. The molecule has 1 aromatic heterocycles. The Balaban J connectivity index is 1.44. The highest BCUT2D eigenvalue weighted by atomic mass is 16.5. The first-order chi connectivity index (χ1) is 13.8. The third-order valence-corrected chi connectivity index (χ3v) is 5.52. The van der Waals surface area contributed by atoms with E-state index < -0.39 is 0 Å². The number of hydrogen-bond donors (Lipinski definition) is 1. The van der Waals surface area contributed by atoms with Crippen molar-refractivity contribution in [3.63, 3.8) is 0 Å². The highest BCUT2D eigenvalue weighted by Crippen LogP contribution is 2.33. The molecule has 4 rings (SSSR count). The van der Waals surface area contributed by atoms with Gasteiger partial charge in [-0.25, -0.2) is 0 Å². The number of pyridine rings is 1. The summed E-state index contributed by atoms with van der Waals surface area (Å²) in [4.78, 5) is 6.84. The first-order valence-corrected chi connectivity index (χ1v) is 9.91. The number of nitrogens with zero attached hydrogens (tertiary/aromatic N) is 2. The molecule has 3 aromatic rings. The third kappa shape index (κ3) is 4.41. The summed E-state index contributed by atoms with van der Waals surface area (Å²) in [6.07, 6.45) is 1.80. The van der Waals surface area contributed by atoms with Crippen LogP contribution >= 0.6 is 0 Å². The van der Waals surface area contributed by atoms with Crippen LogP contribution in [0.2, 0.25) is 0 Å². The summed E-state index contributed by atoms with van der Waals surface area (Å²) in [6, 6.07) is 24.9. The van der Waals surface area contributed by atoms with Gasteiger partial charge in [-0.1, -0.05) is 54.6 Å². The SMILES string of the molecule is NC[C@@H]1CN(Cc2ccccc2OCc2ccccn2)C[C@H]1c1ccccc1. The van der Waals surface area contributed by atoms with Crippen molar-refractivity contribution >= 4 is 0 Å².